The first-order valence-corrected chi connectivity index (χ1v) is 10.3. The average molecular weight is 382 g/mol. The molecule has 3 rings (SSSR count). The summed E-state index contributed by atoms with van der Waals surface area (Å²) in [5.74, 6) is 0.641. The van der Waals surface area contributed by atoms with Gasteiger partial charge in [0.2, 0.25) is 5.13 Å². The molecule has 1 fully saturated rings. The van der Waals surface area contributed by atoms with Gasteiger partial charge in [-0.3, -0.25) is 0 Å². The number of nitrogens with one attached hydrogen (secondary N) is 2. The first-order chi connectivity index (χ1) is 12.1. The summed E-state index contributed by atoms with van der Waals surface area (Å²) >= 11 is 3.09. The van der Waals surface area contributed by atoms with E-state index in [0.29, 0.717) is 5.75 Å². The molecule has 3 N–H and O–H groups in total. The summed E-state index contributed by atoms with van der Waals surface area (Å²) in [5, 5.41) is 22.7. The standard InChI is InChI=1S/C17H24N4O2S2/c1-12-3-4-15(13(2)9-12)18-16-19-20-17(25-16)24-11-14(22)10-21-5-7-23-8-6-21/h3-4,9,14,22H,5-8,10-11H2,1-2H3,(H,18,19)/p+1/t14-/m0/s1. The van der Waals surface area contributed by atoms with E-state index in [-0.39, 0.29) is 6.10 Å². The van der Waals surface area contributed by atoms with Gasteiger partial charge in [-0.05, 0) is 25.5 Å². The molecule has 2 heterocycles. The smallest absolute Gasteiger partial charge is 0.210 e. The highest BCUT2D eigenvalue weighted by Gasteiger charge is 2.19. The molecule has 1 aromatic heterocycles. The lowest BCUT2D eigenvalue weighted by Crippen LogP contribution is -3.15. The summed E-state index contributed by atoms with van der Waals surface area (Å²) in [6, 6.07) is 6.29. The number of rotatable bonds is 7. The van der Waals surface area contributed by atoms with Crippen LogP contribution >= 0.6 is 23.1 Å². The fourth-order valence-electron chi connectivity index (χ4n) is 2.81. The van der Waals surface area contributed by atoms with Gasteiger partial charge in [-0.1, -0.05) is 40.8 Å². The zero-order chi connectivity index (χ0) is 17.6. The third kappa shape index (κ3) is 5.65. The summed E-state index contributed by atoms with van der Waals surface area (Å²) in [6.45, 7) is 8.46. The number of aliphatic hydroxyl groups is 1. The van der Waals surface area contributed by atoms with Crippen LogP contribution in [0.2, 0.25) is 0 Å². The highest BCUT2D eigenvalue weighted by molar-refractivity contribution is 8.01. The maximum atomic E-state index is 10.2. The molecule has 1 aromatic carbocycles. The summed E-state index contributed by atoms with van der Waals surface area (Å²) in [6.07, 6.45) is -0.335. The zero-order valence-electron chi connectivity index (χ0n) is 14.6. The largest absolute Gasteiger partial charge is 0.386 e. The fraction of sp³-hybridized carbons (Fsp3) is 0.529. The second-order valence-electron chi connectivity index (χ2n) is 6.35. The Bertz CT molecular complexity index is 689. The van der Waals surface area contributed by atoms with E-state index < -0.39 is 0 Å². The van der Waals surface area contributed by atoms with Crippen LogP contribution in [0.1, 0.15) is 11.1 Å². The first kappa shape index (κ1) is 18.6. The molecule has 0 aliphatic carbocycles. The number of anilines is 2. The number of quaternary nitrogens is 1. The van der Waals surface area contributed by atoms with Crippen molar-refractivity contribution in [2.45, 2.75) is 24.3 Å². The van der Waals surface area contributed by atoms with E-state index >= 15 is 0 Å². The van der Waals surface area contributed by atoms with Crippen LogP contribution in [0.3, 0.4) is 0 Å². The van der Waals surface area contributed by atoms with Crippen molar-refractivity contribution in [3.63, 3.8) is 0 Å². The van der Waals surface area contributed by atoms with Crippen LogP contribution in [0.25, 0.3) is 0 Å². The summed E-state index contributed by atoms with van der Waals surface area (Å²) in [7, 11) is 0. The molecule has 136 valence electrons. The number of hydrogen-bond acceptors (Lipinski definition) is 7. The van der Waals surface area contributed by atoms with Crippen molar-refractivity contribution in [2.24, 2.45) is 0 Å². The molecule has 6 nitrogen and oxygen atoms in total. The molecule has 8 heteroatoms. The van der Waals surface area contributed by atoms with Gasteiger partial charge in [0.15, 0.2) is 4.34 Å². The predicted molar refractivity (Wildman–Crippen MR) is 102 cm³/mol. The van der Waals surface area contributed by atoms with Gasteiger partial charge in [-0.2, -0.15) is 0 Å². The lowest BCUT2D eigenvalue weighted by molar-refractivity contribution is -0.910. The van der Waals surface area contributed by atoms with Crippen molar-refractivity contribution in [1.29, 1.82) is 0 Å². The van der Waals surface area contributed by atoms with Crippen LogP contribution in [-0.2, 0) is 4.74 Å². The average Bonchev–Trinajstić information content (AvgIpc) is 3.04. The monoisotopic (exact) mass is 381 g/mol. The lowest BCUT2D eigenvalue weighted by atomic mass is 10.1. The second kappa shape index (κ2) is 8.95. The Kier molecular flexibility index (Phi) is 6.66. The highest BCUT2D eigenvalue weighted by Crippen LogP contribution is 2.29. The molecule has 0 amide bonds. The number of ether oxygens (including phenoxy) is 1. The molecule has 1 atom stereocenters. The summed E-state index contributed by atoms with van der Waals surface area (Å²) in [4.78, 5) is 1.41. The number of hydrogen-bond donors (Lipinski definition) is 3. The van der Waals surface area contributed by atoms with Crippen molar-refractivity contribution in [3.8, 4) is 0 Å². The predicted octanol–water partition coefficient (Wildman–Crippen LogP) is 1.27. The van der Waals surface area contributed by atoms with E-state index in [1.54, 1.807) is 11.8 Å². The molecule has 0 bridgehead atoms. The van der Waals surface area contributed by atoms with Crippen LogP contribution in [0.5, 0.6) is 0 Å². The number of morpholine rings is 1. The molecule has 25 heavy (non-hydrogen) atoms. The maximum absolute atomic E-state index is 10.2. The molecule has 0 spiro atoms. The number of aliphatic hydroxyl groups excluding tert-OH is 1. The van der Waals surface area contributed by atoms with Crippen molar-refractivity contribution < 1.29 is 14.7 Å². The Morgan fingerprint density at radius 3 is 2.88 bits per heavy atom. The first-order valence-electron chi connectivity index (χ1n) is 8.50. The molecular weight excluding hydrogens is 356 g/mol. The Hall–Kier alpha value is -1.19. The van der Waals surface area contributed by atoms with Crippen molar-refractivity contribution >= 4 is 33.9 Å². The lowest BCUT2D eigenvalue weighted by Gasteiger charge is -2.25. The minimum absolute atomic E-state index is 0.335. The molecular formula is C17H25N4O2S2+. The molecule has 1 aliphatic rings. The number of aromatic nitrogens is 2. The molecule has 1 aliphatic heterocycles. The quantitative estimate of drug-likeness (QED) is 0.628. The maximum Gasteiger partial charge on any atom is 0.210 e. The van der Waals surface area contributed by atoms with Crippen LogP contribution in [-0.4, -0.2) is 60.0 Å². The van der Waals surface area contributed by atoms with E-state index in [1.807, 2.05) is 0 Å². The number of nitrogens with zero attached hydrogens (tertiary/aromatic N) is 2. The topological polar surface area (TPSA) is 71.7 Å². The normalized spacial score (nSPS) is 16.8. The third-order valence-corrected chi connectivity index (χ3v) is 6.27. The number of thioether (sulfide) groups is 1. The molecule has 0 radical (unpaired) electrons. The van der Waals surface area contributed by atoms with E-state index in [0.717, 1.165) is 48.0 Å². The Labute approximate surface area is 156 Å². The molecule has 0 saturated carbocycles. The number of benzene rings is 1. The van der Waals surface area contributed by atoms with E-state index in [1.165, 1.54) is 27.4 Å². The SMILES string of the molecule is Cc1ccc(Nc2nnc(SC[C@@H](O)C[NH+]3CCOCC3)s2)c(C)c1. The molecule has 1 saturated heterocycles. The van der Waals surface area contributed by atoms with Gasteiger partial charge >= 0.3 is 0 Å². The third-order valence-electron chi connectivity index (χ3n) is 4.15. The van der Waals surface area contributed by atoms with Gasteiger partial charge in [0.1, 0.15) is 25.7 Å². The van der Waals surface area contributed by atoms with Gasteiger partial charge in [-0.25, -0.2) is 0 Å². The van der Waals surface area contributed by atoms with Crippen LogP contribution in [0, 0.1) is 13.8 Å². The van der Waals surface area contributed by atoms with Gasteiger partial charge < -0.3 is 20.1 Å². The van der Waals surface area contributed by atoms with E-state index in [2.05, 4.69) is 47.6 Å². The van der Waals surface area contributed by atoms with Crippen LogP contribution in [0.15, 0.2) is 22.5 Å². The van der Waals surface area contributed by atoms with E-state index in [9.17, 15) is 5.11 Å². The van der Waals surface area contributed by atoms with Crippen molar-refractivity contribution in [3.05, 3.63) is 29.3 Å². The Morgan fingerprint density at radius 1 is 1.32 bits per heavy atom. The summed E-state index contributed by atoms with van der Waals surface area (Å²) in [5.41, 5.74) is 3.48. The second-order valence-corrected chi connectivity index (χ2v) is 8.59. The zero-order valence-corrected chi connectivity index (χ0v) is 16.3. The van der Waals surface area contributed by atoms with Crippen molar-refractivity contribution in [1.82, 2.24) is 10.2 Å². The summed E-state index contributed by atoms with van der Waals surface area (Å²) < 4.78 is 6.22. The fourth-order valence-corrected chi connectivity index (χ4v) is 4.53. The van der Waals surface area contributed by atoms with Gasteiger partial charge in [0.05, 0.1) is 13.2 Å². The van der Waals surface area contributed by atoms with Gasteiger partial charge in [-0.15, -0.1) is 10.2 Å². The van der Waals surface area contributed by atoms with E-state index in [4.69, 9.17) is 4.74 Å². The van der Waals surface area contributed by atoms with Crippen LogP contribution < -0.4 is 10.2 Å². The Balaban J connectivity index is 1.48. The van der Waals surface area contributed by atoms with Gasteiger partial charge in [0.25, 0.3) is 0 Å². The highest BCUT2D eigenvalue weighted by atomic mass is 32.2. The Morgan fingerprint density at radius 2 is 2.12 bits per heavy atom. The van der Waals surface area contributed by atoms with Crippen molar-refractivity contribution in [2.75, 3.05) is 43.9 Å². The minimum atomic E-state index is -0.335. The van der Waals surface area contributed by atoms with Gasteiger partial charge in [0, 0.05) is 11.4 Å². The van der Waals surface area contributed by atoms with Crippen LogP contribution in [0.4, 0.5) is 10.8 Å². The minimum Gasteiger partial charge on any atom is -0.386 e. The molecule has 2 aromatic rings. The molecule has 0 unspecified atom stereocenters. The number of aryl methyl sites for hydroxylation is 2.